The number of benzene rings is 1. The highest BCUT2D eigenvalue weighted by Gasteiger charge is 2.12. The van der Waals surface area contributed by atoms with Crippen molar-refractivity contribution in [1.29, 1.82) is 0 Å². The summed E-state index contributed by atoms with van der Waals surface area (Å²) in [6.45, 7) is 3.21. The smallest absolute Gasteiger partial charge is 0.132 e. The van der Waals surface area contributed by atoms with Gasteiger partial charge in [-0.3, -0.25) is 0 Å². The molecule has 3 heteroatoms. The number of nitrogens with zero attached hydrogens (tertiary/aromatic N) is 3. The van der Waals surface area contributed by atoms with Gasteiger partial charge in [0.2, 0.25) is 0 Å². The Kier molecular flexibility index (Phi) is 2.48. The van der Waals surface area contributed by atoms with E-state index in [1.165, 1.54) is 23.9 Å². The molecule has 1 heterocycles. The summed E-state index contributed by atoms with van der Waals surface area (Å²) in [5.41, 5.74) is 2.42. The van der Waals surface area contributed by atoms with E-state index in [0.717, 1.165) is 6.54 Å². The SMILES string of the molecule is CCCCn1n[n+](C)c2ccccc21. The molecule has 0 aliphatic heterocycles. The van der Waals surface area contributed by atoms with Crippen LogP contribution in [0.25, 0.3) is 11.0 Å². The minimum atomic E-state index is 1.01. The van der Waals surface area contributed by atoms with E-state index in [0.29, 0.717) is 0 Å². The van der Waals surface area contributed by atoms with Crippen LogP contribution in [0, 0.1) is 0 Å². The van der Waals surface area contributed by atoms with Gasteiger partial charge in [0, 0.05) is 0 Å². The average molecular weight is 190 g/mol. The maximum atomic E-state index is 4.46. The Morgan fingerprint density at radius 3 is 2.93 bits per heavy atom. The lowest BCUT2D eigenvalue weighted by molar-refractivity contribution is -0.709. The molecule has 1 aromatic heterocycles. The molecule has 0 atom stereocenters. The van der Waals surface area contributed by atoms with E-state index in [2.05, 4.69) is 35.0 Å². The van der Waals surface area contributed by atoms with Crippen LogP contribution in [-0.2, 0) is 13.6 Å². The topological polar surface area (TPSA) is 21.7 Å². The Balaban J connectivity index is 2.44. The summed E-state index contributed by atoms with van der Waals surface area (Å²) in [7, 11) is 1.99. The minimum absolute atomic E-state index is 1.01. The maximum Gasteiger partial charge on any atom is 0.198 e. The Morgan fingerprint density at radius 2 is 2.14 bits per heavy atom. The second-order valence-corrected chi connectivity index (χ2v) is 3.58. The van der Waals surface area contributed by atoms with Gasteiger partial charge in [0.1, 0.15) is 13.6 Å². The van der Waals surface area contributed by atoms with Crippen molar-refractivity contribution in [3.05, 3.63) is 24.3 Å². The van der Waals surface area contributed by atoms with Crippen molar-refractivity contribution < 1.29 is 4.68 Å². The predicted molar refractivity (Wildman–Crippen MR) is 55.8 cm³/mol. The molecule has 0 amide bonds. The van der Waals surface area contributed by atoms with Crippen molar-refractivity contribution in [2.45, 2.75) is 26.3 Å². The number of aromatic nitrogens is 3. The molecule has 1 aromatic carbocycles. The fourth-order valence-electron chi connectivity index (χ4n) is 1.69. The molecule has 2 aromatic rings. The molecule has 0 unspecified atom stereocenters. The number of fused-ring (bicyclic) bond motifs is 1. The molecule has 0 spiro atoms. The summed E-state index contributed by atoms with van der Waals surface area (Å²) in [6, 6.07) is 8.34. The third kappa shape index (κ3) is 1.50. The summed E-state index contributed by atoms with van der Waals surface area (Å²) >= 11 is 0. The molecule has 0 N–H and O–H groups in total. The van der Waals surface area contributed by atoms with Crippen molar-refractivity contribution in [3.63, 3.8) is 0 Å². The van der Waals surface area contributed by atoms with Crippen LogP contribution >= 0.6 is 0 Å². The first-order valence-electron chi connectivity index (χ1n) is 5.15. The molecule has 0 aliphatic carbocycles. The van der Waals surface area contributed by atoms with Crippen molar-refractivity contribution in [1.82, 2.24) is 9.90 Å². The third-order valence-electron chi connectivity index (χ3n) is 2.47. The zero-order valence-corrected chi connectivity index (χ0v) is 8.77. The highest BCUT2D eigenvalue weighted by Crippen LogP contribution is 2.08. The monoisotopic (exact) mass is 190 g/mol. The van der Waals surface area contributed by atoms with E-state index in [1.807, 2.05) is 17.8 Å². The predicted octanol–water partition coefficient (Wildman–Crippen LogP) is 1.66. The van der Waals surface area contributed by atoms with Gasteiger partial charge in [0.05, 0.1) is 5.21 Å². The first-order chi connectivity index (χ1) is 6.83. The van der Waals surface area contributed by atoms with Crippen LogP contribution in [0.5, 0.6) is 0 Å². The van der Waals surface area contributed by atoms with E-state index < -0.39 is 0 Å². The van der Waals surface area contributed by atoms with Gasteiger partial charge in [-0.25, -0.2) is 0 Å². The highest BCUT2D eigenvalue weighted by atomic mass is 15.5. The lowest BCUT2D eigenvalue weighted by Gasteiger charge is -1.91. The van der Waals surface area contributed by atoms with Crippen molar-refractivity contribution in [2.24, 2.45) is 7.05 Å². The molecule has 0 aliphatic rings. The number of unbranched alkanes of at least 4 members (excludes halogenated alkanes) is 1. The average Bonchev–Trinajstić information content (AvgIpc) is 2.54. The third-order valence-corrected chi connectivity index (χ3v) is 2.47. The number of hydrogen-bond acceptors (Lipinski definition) is 1. The lowest BCUT2D eigenvalue weighted by atomic mass is 10.3. The van der Waals surface area contributed by atoms with Crippen molar-refractivity contribution in [3.8, 4) is 0 Å². The molecular formula is C11H16N3+. The minimum Gasteiger partial charge on any atom is -0.132 e. The van der Waals surface area contributed by atoms with Gasteiger partial charge in [-0.2, -0.15) is 0 Å². The zero-order valence-electron chi connectivity index (χ0n) is 8.77. The fourth-order valence-corrected chi connectivity index (χ4v) is 1.69. The molecule has 2 rings (SSSR count). The quantitative estimate of drug-likeness (QED) is 0.675. The summed E-state index contributed by atoms with van der Waals surface area (Å²) in [5.74, 6) is 0. The number of hydrogen-bond donors (Lipinski definition) is 0. The Bertz CT molecular complexity index is 431. The van der Waals surface area contributed by atoms with Crippen LogP contribution in [0.2, 0.25) is 0 Å². The summed E-state index contributed by atoms with van der Waals surface area (Å²) in [4.78, 5) is 0. The Labute approximate surface area is 83.9 Å². The van der Waals surface area contributed by atoms with Gasteiger partial charge in [0.15, 0.2) is 11.0 Å². The first-order valence-corrected chi connectivity index (χ1v) is 5.15. The molecule has 0 fully saturated rings. The van der Waals surface area contributed by atoms with Crippen LogP contribution in [0.3, 0.4) is 0 Å². The number of rotatable bonds is 3. The van der Waals surface area contributed by atoms with Crippen LogP contribution in [0.15, 0.2) is 24.3 Å². The number of aryl methyl sites for hydroxylation is 2. The molecule has 74 valence electrons. The van der Waals surface area contributed by atoms with Gasteiger partial charge in [-0.15, -0.1) is 9.36 Å². The lowest BCUT2D eigenvalue weighted by Crippen LogP contribution is -2.31. The molecule has 0 saturated heterocycles. The first kappa shape index (κ1) is 9.19. The van der Waals surface area contributed by atoms with Crippen LogP contribution < -0.4 is 4.68 Å². The van der Waals surface area contributed by atoms with Gasteiger partial charge in [-0.05, 0) is 18.6 Å². The van der Waals surface area contributed by atoms with E-state index in [4.69, 9.17) is 0 Å². The molecular weight excluding hydrogens is 174 g/mol. The van der Waals surface area contributed by atoms with Gasteiger partial charge in [0.25, 0.3) is 0 Å². The van der Waals surface area contributed by atoms with Crippen LogP contribution in [-0.4, -0.2) is 9.90 Å². The molecule has 3 nitrogen and oxygen atoms in total. The fraction of sp³-hybridized carbons (Fsp3) is 0.455. The van der Waals surface area contributed by atoms with Crippen molar-refractivity contribution >= 4 is 11.0 Å². The maximum absolute atomic E-state index is 4.46. The Morgan fingerprint density at radius 1 is 1.36 bits per heavy atom. The number of para-hydroxylation sites is 2. The van der Waals surface area contributed by atoms with E-state index in [1.54, 1.807) is 0 Å². The highest BCUT2D eigenvalue weighted by molar-refractivity contribution is 5.70. The van der Waals surface area contributed by atoms with Crippen molar-refractivity contribution in [2.75, 3.05) is 0 Å². The van der Waals surface area contributed by atoms with Gasteiger partial charge in [-0.1, -0.05) is 25.5 Å². The van der Waals surface area contributed by atoms with Crippen LogP contribution in [0.1, 0.15) is 19.8 Å². The normalized spacial score (nSPS) is 11.0. The zero-order chi connectivity index (χ0) is 9.97. The second-order valence-electron chi connectivity index (χ2n) is 3.58. The van der Waals surface area contributed by atoms with Gasteiger partial charge >= 0.3 is 0 Å². The standard InChI is InChI=1S/C11H16N3/c1-3-4-9-14-11-8-6-5-7-10(11)13(2)12-14/h5-8H,3-4,9H2,1-2H3/q+1. The Hall–Kier alpha value is -1.38. The molecule has 0 saturated carbocycles. The van der Waals surface area contributed by atoms with E-state index >= 15 is 0 Å². The molecule has 0 radical (unpaired) electrons. The van der Waals surface area contributed by atoms with Crippen LogP contribution in [0.4, 0.5) is 0 Å². The molecule has 0 bridgehead atoms. The second kappa shape index (κ2) is 3.78. The summed E-state index contributed by atoms with van der Waals surface area (Å²) in [6.07, 6.45) is 2.39. The van der Waals surface area contributed by atoms with E-state index in [9.17, 15) is 0 Å². The summed E-state index contributed by atoms with van der Waals surface area (Å²) in [5, 5.41) is 4.46. The largest absolute Gasteiger partial charge is 0.198 e. The van der Waals surface area contributed by atoms with E-state index in [-0.39, 0.29) is 0 Å². The molecule has 14 heavy (non-hydrogen) atoms. The van der Waals surface area contributed by atoms with Gasteiger partial charge < -0.3 is 0 Å². The summed E-state index contributed by atoms with van der Waals surface area (Å²) < 4.78 is 4.02.